The predicted octanol–water partition coefficient (Wildman–Crippen LogP) is 2.61. The molecule has 0 aliphatic carbocycles. The number of aryl methyl sites for hydroxylation is 1. The van der Waals surface area contributed by atoms with Gasteiger partial charge in [-0.15, -0.1) is 0 Å². The third-order valence-electron chi connectivity index (χ3n) is 4.86. The summed E-state index contributed by atoms with van der Waals surface area (Å²) >= 11 is 1.72. The van der Waals surface area contributed by atoms with Gasteiger partial charge in [0.15, 0.2) is 0 Å². The lowest BCUT2D eigenvalue weighted by Crippen LogP contribution is -2.43. The monoisotopic (exact) mass is 442 g/mol. The highest BCUT2D eigenvalue weighted by Crippen LogP contribution is 2.30. The lowest BCUT2D eigenvalue weighted by Gasteiger charge is -2.34. The number of carboxylic acids is 1. The summed E-state index contributed by atoms with van der Waals surface area (Å²) in [4.78, 5) is 30.7. The Hall–Kier alpha value is -2.66. The van der Waals surface area contributed by atoms with Gasteiger partial charge in [-0.05, 0) is 22.4 Å². The van der Waals surface area contributed by atoms with Crippen LogP contribution in [0.3, 0.4) is 0 Å². The molecule has 4 rings (SSSR count). The number of carbonyl (C=O) groups is 2. The molecule has 4 heterocycles. The SMILES string of the molecule is Cn1cnc2c1C(C(=O)N1CC=CC1)CN(Cc1ccsc1)C2.O=C(O)C(F)(F)F. The second-order valence-corrected chi connectivity index (χ2v) is 7.84. The number of thiophene rings is 1. The third kappa shape index (κ3) is 5.08. The van der Waals surface area contributed by atoms with Crippen LogP contribution in [-0.4, -0.2) is 62.1 Å². The molecule has 0 fully saturated rings. The van der Waals surface area contributed by atoms with Crippen LogP contribution < -0.4 is 0 Å². The Bertz CT molecular complexity index is 916. The molecule has 0 saturated heterocycles. The first-order valence-corrected chi connectivity index (χ1v) is 10.1. The third-order valence-corrected chi connectivity index (χ3v) is 5.60. The van der Waals surface area contributed by atoms with E-state index in [4.69, 9.17) is 9.90 Å². The maximum Gasteiger partial charge on any atom is 0.490 e. The first-order valence-electron chi connectivity index (χ1n) is 9.14. The van der Waals surface area contributed by atoms with E-state index in [9.17, 15) is 18.0 Å². The van der Waals surface area contributed by atoms with Gasteiger partial charge in [0, 0.05) is 39.8 Å². The van der Waals surface area contributed by atoms with Crippen molar-refractivity contribution in [3.05, 3.63) is 52.3 Å². The van der Waals surface area contributed by atoms with Gasteiger partial charge in [0.1, 0.15) is 0 Å². The number of carbonyl (C=O) groups excluding carboxylic acids is 1. The van der Waals surface area contributed by atoms with Crippen molar-refractivity contribution in [1.29, 1.82) is 0 Å². The minimum Gasteiger partial charge on any atom is -0.475 e. The predicted molar refractivity (Wildman–Crippen MR) is 104 cm³/mol. The van der Waals surface area contributed by atoms with Gasteiger partial charge in [-0.3, -0.25) is 9.69 Å². The van der Waals surface area contributed by atoms with Crippen molar-refractivity contribution >= 4 is 23.2 Å². The molecule has 1 atom stereocenters. The van der Waals surface area contributed by atoms with E-state index in [1.165, 1.54) is 5.56 Å². The summed E-state index contributed by atoms with van der Waals surface area (Å²) in [6.45, 7) is 3.91. The number of amides is 1. The second-order valence-electron chi connectivity index (χ2n) is 7.06. The first kappa shape index (κ1) is 22.0. The molecule has 162 valence electrons. The minimum atomic E-state index is -5.08. The van der Waals surface area contributed by atoms with Gasteiger partial charge in [0.25, 0.3) is 0 Å². The van der Waals surface area contributed by atoms with Crippen molar-refractivity contribution in [2.24, 2.45) is 7.05 Å². The fourth-order valence-electron chi connectivity index (χ4n) is 3.51. The van der Waals surface area contributed by atoms with E-state index in [1.54, 1.807) is 11.3 Å². The molecule has 0 aromatic carbocycles. The molecule has 0 spiro atoms. The largest absolute Gasteiger partial charge is 0.490 e. The zero-order valence-corrected chi connectivity index (χ0v) is 17.0. The molecular weight excluding hydrogens is 421 g/mol. The zero-order valence-electron chi connectivity index (χ0n) is 16.2. The Labute approximate surface area is 175 Å². The van der Waals surface area contributed by atoms with E-state index >= 15 is 0 Å². The Morgan fingerprint density at radius 1 is 1.30 bits per heavy atom. The molecule has 2 aliphatic rings. The summed E-state index contributed by atoms with van der Waals surface area (Å²) in [5.74, 6) is -2.66. The number of hydrogen-bond acceptors (Lipinski definition) is 5. The van der Waals surface area contributed by atoms with Gasteiger partial charge < -0.3 is 14.6 Å². The van der Waals surface area contributed by atoms with E-state index < -0.39 is 12.1 Å². The Balaban J connectivity index is 0.000000318. The lowest BCUT2D eigenvalue weighted by atomic mass is 9.96. The lowest BCUT2D eigenvalue weighted by molar-refractivity contribution is -0.192. The Morgan fingerprint density at radius 3 is 2.53 bits per heavy atom. The van der Waals surface area contributed by atoms with Crippen LogP contribution in [0.5, 0.6) is 0 Å². The van der Waals surface area contributed by atoms with Crippen LogP contribution in [0.2, 0.25) is 0 Å². The topological polar surface area (TPSA) is 78.7 Å². The van der Waals surface area contributed by atoms with Crippen molar-refractivity contribution < 1.29 is 27.9 Å². The number of halogens is 3. The summed E-state index contributed by atoms with van der Waals surface area (Å²) in [5.41, 5.74) is 3.44. The zero-order chi connectivity index (χ0) is 21.9. The summed E-state index contributed by atoms with van der Waals surface area (Å²) in [6, 6.07) is 2.15. The van der Waals surface area contributed by atoms with Crippen LogP contribution in [0.15, 0.2) is 35.3 Å². The molecule has 2 aliphatic heterocycles. The van der Waals surface area contributed by atoms with Crippen molar-refractivity contribution in [1.82, 2.24) is 19.4 Å². The molecular formula is C19H21F3N4O3S. The minimum absolute atomic E-state index is 0.121. The molecule has 0 bridgehead atoms. The fourth-order valence-corrected chi connectivity index (χ4v) is 4.17. The molecule has 1 amide bonds. The number of hydrogen-bond donors (Lipinski definition) is 1. The number of fused-ring (bicyclic) bond motifs is 1. The number of carboxylic acid groups (broad SMARTS) is 1. The Kier molecular flexibility index (Phi) is 6.61. The number of aromatic nitrogens is 2. The van der Waals surface area contributed by atoms with Crippen LogP contribution in [0.1, 0.15) is 22.9 Å². The summed E-state index contributed by atoms with van der Waals surface area (Å²) in [5, 5.41) is 11.4. The van der Waals surface area contributed by atoms with Crippen LogP contribution in [0, 0.1) is 0 Å². The fraction of sp³-hybridized carbons (Fsp3) is 0.421. The van der Waals surface area contributed by atoms with Gasteiger partial charge in [-0.25, -0.2) is 9.78 Å². The maximum atomic E-state index is 13.0. The smallest absolute Gasteiger partial charge is 0.475 e. The average molecular weight is 442 g/mol. The highest BCUT2D eigenvalue weighted by atomic mass is 32.1. The van der Waals surface area contributed by atoms with Gasteiger partial charge in [-0.2, -0.15) is 24.5 Å². The average Bonchev–Trinajstić information content (AvgIpc) is 3.43. The van der Waals surface area contributed by atoms with E-state index in [0.717, 1.165) is 44.1 Å². The number of alkyl halides is 3. The summed E-state index contributed by atoms with van der Waals surface area (Å²) in [6.07, 6.45) is 0.878. The van der Waals surface area contributed by atoms with Crippen molar-refractivity contribution in [3.63, 3.8) is 0 Å². The molecule has 1 N–H and O–H groups in total. The van der Waals surface area contributed by atoms with Crippen molar-refractivity contribution in [2.45, 2.75) is 25.2 Å². The van der Waals surface area contributed by atoms with Crippen molar-refractivity contribution in [2.75, 3.05) is 19.6 Å². The second kappa shape index (κ2) is 9.00. The summed E-state index contributed by atoms with van der Waals surface area (Å²) < 4.78 is 33.8. The highest BCUT2D eigenvalue weighted by Gasteiger charge is 2.38. The van der Waals surface area contributed by atoms with Gasteiger partial charge >= 0.3 is 12.1 Å². The molecule has 2 aromatic rings. The molecule has 2 aromatic heterocycles. The number of imidazole rings is 1. The van der Waals surface area contributed by atoms with Crippen LogP contribution in [-0.2, 0) is 29.7 Å². The standard InChI is InChI=1S/C17H20N4OS.C2HF3O2/c1-19-12-18-15-10-20(8-13-4-7-23-11-13)9-14(16(15)19)17(22)21-5-2-3-6-21;3-2(4,5)1(6)7/h2-4,7,11-12,14H,5-6,8-10H2,1H3;(H,6,7). The van der Waals surface area contributed by atoms with Gasteiger partial charge in [0.05, 0.1) is 23.6 Å². The molecule has 30 heavy (non-hydrogen) atoms. The molecule has 1 unspecified atom stereocenters. The number of aliphatic carboxylic acids is 1. The molecule has 0 radical (unpaired) electrons. The van der Waals surface area contributed by atoms with Gasteiger partial charge in [-0.1, -0.05) is 12.2 Å². The van der Waals surface area contributed by atoms with E-state index in [-0.39, 0.29) is 11.8 Å². The van der Waals surface area contributed by atoms with Crippen LogP contribution in [0.25, 0.3) is 0 Å². The quantitative estimate of drug-likeness (QED) is 0.740. The van der Waals surface area contributed by atoms with Crippen LogP contribution >= 0.6 is 11.3 Å². The van der Waals surface area contributed by atoms with Gasteiger partial charge in [0.2, 0.25) is 5.91 Å². The number of nitrogens with zero attached hydrogens (tertiary/aromatic N) is 4. The van der Waals surface area contributed by atoms with E-state index in [1.807, 2.05) is 22.8 Å². The Morgan fingerprint density at radius 2 is 1.97 bits per heavy atom. The van der Waals surface area contributed by atoms with Crippen LogP contribution in [0.4, 0.5) is 13.2 Å². The highest BCUT2D eigenvalue weighted by molar-refractivity contribution is 7.07. The number of rotatable bonds is 3. The van der Waals surface area contributed by atoms with E-state index in [0.29, 0.717) is 0 Å². The first-order chi connectivity index (χ1) is 14.2. The van der Waals surface area contributed by atoms with E-state index in [2.05, 4.69) is 38.9 Å². The normalized spacial score (nSPS) is 18.7. The molecule has 7 nitrogen and oxygen atoms in total. The van der Waals surface area contributed by atoms with Crippen molar-refractivity contribution in [3.8, 4) is 0 Å². The molecule has 11 heteroatoms. The molecule has 0 saturated carbocycles. The summed E-state index contributed by atoms with van der Waals surface area (Å²) in [7, 11) is 1.99. The maximum absolute atomic E-state index is 13.0.